The molecule has 0 spiro atoms. The highest BCUT2D eigenvalue weighted by atomic mass is 32.2. The van der Waals surface area contributed by atoms with Crippen LogP contribution < -0.4 is 0 Å². The van der Waals surface area contributed by atoms with E-state index in [2.05, 4.69) is 4.98 Å². The fraction of sp³-hybridized carbons (Fsp3) is 0.500. The molecular weight excluding hydrogens is 262 g/mol. The van der Waals surface area contributed by atoms with Crippen molar-refractivity contribution in [3.63, 3.8) is 0 Å². The van der Waals surface area contributed by atoms with Crippen LogP contribution in [0.15, 0.2) is 17.3 Å². The predicted octanol–water partition coefficient (Wildman–Crippen LogP) is 2.64. The molecule has 19 heavy (non-hydrogen) atoms. The van der Waals surface area contributed by atoms with Crippen molar-refractivity contribution in [2.24, 2.45) is 5.41 Å². The normalized spacial score (nSPS) is 15.9. The van der Waals surface area contributed by atoms with Crippen LogP contribution in [-0.2, 0) is 9.53 Å². The molecular formula is C14H17NO3S. The Kier molecular flexibility index (Phi) is 4.24. The highest BCUT2D eigenvalue weighted by molar-refractivity contribution is 7.99. The Hall–Kier alpha value is -1.36. The van der Waals surface area contributed by atoms with Gasteiger partial charge in [0.05, 0.1) is 18.6 Å². The van der Waals surface area contributed by atoms with Gasteiger partial charge in [-0.1, -0.05) is 0 Å². The van der Waals surface area contributed by atoms with Gasteiger partial charge in [-0.2, -0.15) is 0 Å². The molecule has 0 aliphatic heterocycles. The number of pyridine rings is 1. The molecule has 1 aromatic heterocycles. The van der Waals surface area contributed by atoms with Gasteiger partial charge in [0.25, 0.3) is 0 Å². The summed E-state index contributed by atoms with van der Waals surface area (Å²) < 4.78 is 4.73. The molecule has 102 valence electrons. The molecule has 4 nitrogen and oxygen atoms in total. The summed E-state index contributed by atoms with van der Waals surface area (Å²) in [5.74, 6) is 0.732. The van der Waals surface area contributed by atoms with Crippen molar-refractivity contribution in [3.8, 4) is 0 Å². The number of ether oxygens (including phenoxy) is 1. The van der Waals surface area contributed by atoms with Crippen LogP contribution in [0.1, 0.15) is 35.2 Å². The molecule has 1 aromatic rings. The second-order valence-corrected chi connectivity index (χ2v) is 6.01. The number of thioether (sulfide) groups is 1. The van der Waals surface area contributed by atoms with Crippen molar-refractivity contribution in [1.82, 2.24) is 4.98 Å². The van der Waals surface area contributed by atoms with Gasteiger partial charge in [-0.05, 0) is 36.8 Å². The summed E-state index contributed by atoms with van der Waals surface area (Å²) in [6.45, 7) is 1.95. The van der Waals surface area contributed by atoms with Crippen LogP contribution in [0.4, 0.5) is 0 Å². The van der Waals surface area contributed by atoms with Crippen molar-refractivity contribution in [1.29, 1.82) is 0 Å². The van der Waals surface area contributed by atoms with Crippen LogP contribution in [0.25, 0.3) is 0 Å². The molecule has 1 aliphatic rings. The highest BCUT2D eigenvalue weighted by Gasteiger charge is 2.44. The fourth-order valence-corrected chi connectivity index (χ4v) is 3.20. The average molecular weight is 279 g/mol. The van der Waals surface area contributed by atoms with Gasteiger partial charge in [0.1, 0.15) is 0 Å². The lowest BCUT2D eigenvalue weighted by atomic mass is 10.1. The minimum atomic E-state index is -0.140. The minimum Gasteiger partial charge on any atom is -0.469 e. The van der Waals surface area contributed by atoms with Gasteiger partial charge in [-0.3, -0.25) is 9.59 Å². The molecule has 5 heteroatoms. The number of esters is 1. The van der Waals surface area contributed by atoms with Gasteiger partial charge in [-0.15, -0.1) is 11.8 Å². The Morgan fingerprint density at radius 1 is 1.58 bits per heavy atom. The molecule has 0 amide bonds. The van der Waals surface area contributed by atoms with Crippen molar-refractivity contribution in [2.45, 2.75) is 31.2 Å². The molecule has 0 N–H and O–H groups in total. The fourth-order valence-electron chi connectivity index (χ4n) is 1.95. The Morgan fingerprint density at radius 2 is 2.32 bits per heavy atom. The number of carbonyl (C=O) groups is 2. The topological polar surface area (TPSA) is 56.3 Å². The van der Waals surface area contributed by atoms with E-state index in [1.807, 2.05) is 13.0 Å². The molecule has 2 rings (SSSR count). The van der Waals surface area contributed by atoms with Crippen molar-refractivity contribution >= 4 is 24.0 Å². The molecule has 0 radical (unpaired) electrons. The summed E-state index contributed by atoms with van der Waals surface area (Å²) in [6.07, 6.45) is 5.01. The largest absolute Gasteiger partial charge is 0.469 e. The van der Waals surface area contributed by atoms with E-state index >= 15 is 0 Å². The molecule has 0 aromatic carbocycles. The summed E-state index contributed by atoms with van der Waals surface area (Å²) in [4.78, 5) is 26.3. The Balaban J connectivity index is 1.95. The zero-order valence-corrected chi connectivity index (χ0v) is 12.0. The van der Waals surface area contributed by atoms with Crippen LogP contribution in [-0.4, -0.2) is 30.1 Å². The van der Waals surface area contributed by atoms with Crippen LogP contribution in [0.3, 0.4) is 0 Å². The van der Waals surface area contributed by atoms with E-state index in [9.17, 15) is 9.59 Å². The second-order valence-electron chi connectivity index (χ2n) is 5.05. The van der Waals surface area contributed by atoms with Gasteiger partial charge < -0.3 is 4.74 Å². The first kappa shape index (κ1) is 14.1. The first-order chi connectivity index (χ1) is 9.08. The molecule has 0 unspecified atom stereocenters. The van der Waals surface area contributed by atoms with E-state index in [1.165, 1.54) is 7.11 Å². The molecule has 1 aliphatic carbocycles. The predicted molar refractivity (Wildman–Crippen MR) is 73.4 cm³/mol. The van der Waals surface area contributed by atoms with Crippen molar-refractivity contribution in [2.75, 3.05) is 12.9 Å². The van der Waals surface area contributed by atoms with Crippen molar-refractivity contribution in [3.05, 3.63) is 23.4 Å². The highest BCUT2D eigenvalue weighted by Crippen LogP contribution is 2.52. The van der Waals surface area contributed by atoms with E-state index in [0.717, 1.165) is 35.5 Å². The summed E-state index contributed by atoms with van der Waals surface area (Å²) in [5, 5.41) is 0.932. The van der Waals surface area contributed by atoms with Crippen molar-refractivity contribution < 1.29 is 14.3 Å². The zero-order chi connectivity index (χ0) is 13.9. The number of hydrogen-bond donors (Lipinski definition) is 0. The van der Waals surface area contributed by atoms with Crippen LogP contribution >= 0.6 is 11.8 Å². The minimum absolute atomic E-state index is 0.0925. The number of carbonyl (C=O) groups excluding carboxylic acids is 2. The SMILES string of the molecule is COC(=O)CC1(CSc2ncc(C=O)cc2C)CC1. The lowest BCUT2D eigenvalue weighted by Crippen LogP contribution is -2.13. The maximum atomic E-state index is 11.3. The second kappa shape index (κ2) is 5.74. The standard InChI is InChI=1S/C14H17NO3S/c1-10-5-11(8-16)7-15-13(10)19-9-14(3-4-14)6-12(17)18-2/h5,7-8H,3-4,6,9H2,1-2H3. The molecule has 1 heterocycles. The van der Waals surface area contributed by atoms with Crippen LogP contribution in [0, 0.1) is 12.3 Å². The third-order valence-electron chi connectivity index (χ3n) is 3.41. The zero-order valence-electron chi connectivity index (χ0n) is 11.1. The Morgan fingerprint density at radius 3 is 2.84 bits per heavy atom. The number of rotatable bonds is 6. The number of methoxy groups -OCH3 is 1. The van der Waals surface area contributed by atoms with Crippen LogP contribution in [0.5, 0.6) is 0 Å². The number of aryl methyl sites for hydroxylation is 1. The lowest BCUT2D eigenvalue weighted by molar-refractivity contribution is -0.141. The van der Waals surface area contributed by atoms with Gasteiger partial charge in [0.15, 0.2) is 6.29 Å². The summed E-state index contributed by atoms with van der Waals surface area (Å²) in [7, 11) is 1.43. The molecule has 0 bridgehead atoms. The summed E-state index contributed by atoms with van der Waals surface area (Å²) in [5.41, 5.74) is 1.69. The maximum absolute atomic E-state index is 11.3. The molecule has 1 fully saturated rings. The maximum Gasteiger partial charge on any atom is 0.306 e. The smallest absolute Gasteiger partial charge is 0.306 e. The van der Waals surface area contributed by atoms with E-state index in [1.54, 1.807) is 18.0 Å². The van der Waals surface area contributed by atoms with E-state index in [4.69, 9.17) is 4.74 Å². The van der Waals surface area contributed by atoms with Crippen LogP contribution in [0.2, 0.25) is 0 Å². The Labute approximate surface area is 116 Å². The number of aromatic nitrogens is 1. The van der Waals surface area contributed by atoms with Gasteiger partial charge in [-0.25, -0.2) is 4.98 Å². The van der Waals surface area contributed by atoms with Gasteiger partial charge in [0.2, 0.25) is 0 Å². The monoisotopic (exact) mass is 279 g/mol. The quantitative estimate of drug-likeness (QED) is 0.455. The lowest BCUT2D eigenvalue weighted by Gasteiger charge is -2.13. The summed E-state index contributed by atoms with van der Waals surface area (Å²) >= 11 is 1.65. The first-order valence-corrected chi connectivity index (χ1v) is 7.18. The van der Waals surface area contributed by atoms with E-state index < -0.39 is 0 Å². The Bertz CT molecular complexity index is 497. The number of hydrogen-bond acceptors (Lipinski definition) is 5. The molecule has 0 saturated heterocycles. The molecule has 0 atom stereocenters. The van der Waals surface area contributed by atoms with E-state index in [0.29, 0.717) is 12.0 Å². The van der Waals surface area contributed by atoms with Gasteiger partial charge in [0, 0.05) is 17.5 Å². The van der Waals surface area contributed by atoms with E-state index in [-0.39, 0.29) is 11.4 Å². The molecule has 1 saturated carbocycles. The van der Waals surface area contributed by atoms with Gasteiger partial charge >= 0.3 is 5.97 Å². The average Bonchev–Trinajstić information content (AvgIpc) is 3.17. The number of nitrogens with zero attached hydrogens (tertiary/aromatic N) is 1. The summed E-state index contributed by atoms with van der Waals surface area (Å²) in [6, 6.07) is 1.84. The third kappa shape index (κ3) is 3.56. The first-order valence-electron chi connectivity index (χ1n) is 6.20. The third-order valence-corrected chi connectivity index (χ3v) is 4.86. The number of aldehydes is 1.